The molecule has 0 unspecified atom stereocenters. The smallest absolute Gasteiger partial charge is 0.231 e. The second-order valence-electron chi connectivity index (χ2n) is 11.9. The van der Waals surface area contributed by atoms with Crippen LogP contribution in [0.1, 0.15) is 93.0 Å². The van der Waals surface area contributed by atoms with E-state index in [9.17, 15) is 4.79 Å². The zero-order chi connectivity index (χ0) is 24.2. The lowest BCUT2D eigenvalue weighted by atomic mass is 9.88. The molecule has 0 bridgehead atoms. The molecule has 6 heteroatoms. The summed E-state index contributed by atoms with van der Waals surface area (Å²) in [5.74, 6) is 2.50. The Morgan fingerprint density at radius 3 is 2.43 bits per heavy atom. The molecule has 0 spiro atoms. The van der Waals surface area contributed by atoms with Gasteiger partial charge in [0.1, 0.15) is 12.1 Å². The molecule has 2 aromatic rings. The Morgan fingerprint density at radius 1 is 1.03 bits per heavy atom. The van der Waals surface area contributed by atoms with E-state index < -0.39 is 0 Å². The Balaban J connectivity index is 1.20. The maximum atomic E-state index is 14.1. The highest BCUT2D eigenvalue weighted by Gasteiger charge is 2.41. The van der Waals surface area contributed by atoms with Crippen LogP contribution < -0.4 is 10.2 Å². The number of aromatic nitrogens is 2. The predicted octanol–water partition coefficient (Wildman–Crippen LogP) is 4.37. The normalized spacial score (nSPS) is 26.6. The number of hydrogen-bond donors (Lipinski definition) is 1. The van der Waals surface area contributed by atoms with Crippen molar-refractivity contribution >= 4 is 11.7 Å². The molecule has 6 rings (SSSR count). The number of nitrogens with one attached hydrogen (secondary N) is 1. The van der Waals surface area contributed by atoms with Gasteiger partial charge in [0.2, 0.25) is 5.91 Å². The quantitative estimate of drug-likeness (QED) is 0.699. The maximum absolute atomic E-state index is 14.1. The van der Waals surface area contributed by atoms with E-state index in [1.807, 2.05) is 0 Å². The molecule has 2 saturated heterocycles. The fourth-order valence-electron chi connectivity index (χ4n) is 6.56. The van der Waals surface area contributed by atoms with Crippen LogP contribution in [0.3, 0.4) is 0 Å². The lowest BCUT2D eigenvalue weighted by Crippen LogP contribution is -2.53. The Kier molecular flexibility index (Phi) is 5.82. The van der Waals surface area contributed by atoms with Crippen LogP contribution in [-0.2, 0) is 11.2 Å². The number of aryl methyl sites for hydroxylation is 1. The maximum Gasteiger partial charge on any atom is 0.231 e. The van der Waals surface area contributed by atoms with Gasteiger partial charge >= 0.3 is 0 Å². The van der Waals surface area contributed by atoms with E-state index in [0.29, 0.717) is 5.92 Å². The highest BCUT2D eigenvalue weighted by Crippen LogP contribution is 2.41. The van der Waals surface area contributed by atoms with Crippen LogP contribution >= 0.6 is 0 Å². The van der Waals surface area contributed by atoms with Crippen LogP contribution in [0.25, 0.3) is 0 Å². The third-order valence-electron chi connectivity index (χ3n) is 8.81. The van der Waals surface area contributed by atoms with Gasteiger partial charge in [0.15, 0.2) is 0 Å². The van der Waals surface area contributed by atoms with Crippen molar-refractivity contribution in [3.05, 3.63) is 53.0 Å². The second-order valence-corrected chi connectivity index (χ2v) is 11.9. The monoisotopic (exact) mass is 473 g/mol. The number of benzene rings is 1. The van der Waals surface area contributed by atoms with Gasteiger partial charge in [-0.2, -0.15) is 0 Å². The van der Waals surface area contributed by atoms with Gasteiger partial charge in [0.25, 0.3) is 0 Å². The predicted molar refractivity (Wildman–Crippen MR) is 139 cm³/mol. The van der Waals surface area contributed by atoms with Crippen molar-refractivity contribution in [2.75, 3.05) is 31.1 Å². The third kappa shape index (κ3) is 4.46. The molecule has 1 amide bonds. The summed E-state index contributed by atoms with van der Waals surface area (Å²) in [5, 5.41) is 3.79. The first-order valence-electron chi connectivity index (χ1n) is 13.6. The van der Waals surface area contributed by atoms with E-state index in [-0.39, 0.29) is 23.4 Å². The number of fused-ring (bicyclic) bond motifs is 1. The summed E-state index contributed by atoms with van der Waals surface area (Å²) in [6.07, 6.45) is 8.68. The molecule has 1 N–H and O–H groups in total. The third-order valence-corrected chi connectivity index (χ3v) is 8.81. The fraction of sp³-hybridized carbons (Fsp3) is 0.621. The number of hydrogen-bond acceptors (Lipinski definition) is 5. The molecular formula is C29H39N5O. The second kappa shape index (κ2) is 8.88. The Labute approximate surface area is 209 Å². The van der Waals surface area contributed by atoms with Crippen molar-refractivity contribution in [2.24, 2.45) is 0 Å². The van der Waals surface area contributed by atoms with Crippen molar-refractivity contribution in [2.45, 2.75) is 88.6 Å². The van der Waals surface area contributed by atoms with Crippen molar-refractivity contribution in [1.82, 2.24) is 20.2 Å². The number of piperazine rings is 1. The number of rotatable bonds is 5. The van der Waals surface area contributed by atoms with Gasteiger partial charge in [0.05, 0.1) is 5.92 Å². The van der Waals surface area contributed by atoms with E-state index in [2.05, 4.69) is 70.1 Å². The molecule has 3 atom stereocenters. The summed E-state index contributed by atoms with van der Waals surface area (Å²) in [6, 6.07) is 9.17. The SMILES string of the molecule is C[C@@H]1CCc2ncnc(N3CCN(C(=O)[C@@H](c4ccc(C5CC5)cc4)[C@@H]4CCC(C)(C)N4)CC3)c21. The molecule has 3 heterocycles. The molecule has 1 aromatic heterocycles. The highest BCUT2D eigenvalue weighted by atomic mass is 16.2. The van der Waals surface area contributed by atoms with E-state index in [1.165, 1.54) is 35.2 Å². The van der Waals surface area contributed by atoms with Crippen LogP contribution in [0.2, 0.25) is 0 Å². The lowest BCUT2D eigenvalue weighted by molar-refractivity contribution is -0.133. The average Bonchev–Trinajstić information content (AvgIpc) is 3.56. The molecule has 1 saturated carbocycles. The molecule has 0 radical (unpaired) electrons. The van der Waals surface area contributed by atoms with Gasteiger partial charge in [-0.25, -0.2) is 9.97 Å². The largest absolute Gasteiger partial charge is 0.353 e. The molecule has 2 aliphatic heterocycles. The lowest BCUT2D eigenvalue weighted by Gasteiger charge is -2.39. The summed E-state index contributed by atoms with van der Waals surface area (Å²) >= 11 is 0. The molecule has 4 aliphatic rings. The van der Waals surface area contributed by atoms with Crippen LogP contribution in [0.5, 0.6) is 0 Å². The van der Waals surface area contributed by atoms with Crippen molar-refractivity contribution in [3.63, 3.8) is 0 Å². The Hall–Kier alpha value is -2.47. The van der Waals surface area contributed by atoms with Gasteiger partial charge in [-0.3, -0.25) is 4.79 Å². The number of carbonyl (C=O) groups is 1. The van der Waals surface area contributed by atoms with E-state index >= 15 is 0 Å². The minimum atomic E-state index is -0.125. The van der Waals surface area contributed by atoms with Gasteiger partial charge in [-0.05, 0) is 75.3 Å². The highest BCUT2D eigenvalue weighted by molar-refractivity contribution is 5.85. The summed E-state index contributed by atoms with van der Waals surface area (Å²) in [4.78, 5) is 27.8. The molecular weight excluding hydrogens is 434 g/mol. The number of nitrogens with zero attached hydrogens (tertiary/aromatic N) is 4. The molecule has 3 fully saturated rings. The summed E-state index contributed by atoms with van der Waals surface area (Å²) in [5.41, 5.74) is 5.23. The van der Waals surface area contributed by atoms with Gasteiger partial charge in [-0.15, -0.1) is 0 Å². The standard InChI is InChI=1S/C29H39N5O/c1-19-4-11-23-25(19)27(31-18-30-23)33-14-16-34(17-15-33)28(35)26(24-12-13-29(2,3)32-24)22-9-7-21(8-10-22)20-5-6-20/h7-10,18-20,24,26,32H,4-6,11-17H2,1-3H3/t19-,24+,26+/m1/s1. The van der Waals surface area contributed by atoms with E-state index in [1.54, 1.807) is 6.33 Å². The van der Waals surface area contributed by atoms with Gasteiger partial charge < -0.3 is 15.1 Å². The van der Waals surface area contributed by atoms with Crippen LogP contribution in [-0.4, -0.2) is 58.5 Å². The zero-order valence-electron chi connectivity index (χ0n) is 21.5. The Morgan fingerprint density at radius 2 is 1.77 bits per heavy atom. The van der Waals surface area contributed by atoms with Crippen LogP contribution in [0.4, 0.5) is 5.82 Å². The molecule has 1 aromatic carbocycles. The first kappa shape index (κ1) is 23.0. The van der Waals surface area contributed by atoms with Gasteiger partial charge in [0, 0.05) is 49.0 Å². The first-order chi connectivity index (χ1) is 16.9. The van der Waals surface area contributed by atoms with Crippen molar-refractivity contribution < 1.29 is 4.79 Å². The Bertz CT molecular complexity index is 1080. The number of amides is 1. The van der Waals surface area contributed by atoms with Crippen molar-refractivity contribution in [3.8, 4) is 0 Å². The summed E-state index contributed by atoms with van der Waals surface area (Å²) < 4.78 is 0. The van der Waals surface area contributed by atoms with E-state index in [0.717, 1.165) is 63.6 Å². The summed E-state index contributed by atoms with van der Waals surface area (Å²) in [7, 11) is 0. The minimum Gasteiger partial charge on any atom is -0.353 e. The van der Waals surface area contributed by atoms with Crippen LogP contribution in [0.15, 0.2) is 30.6 Å². The van der Waals surface area contributed by atoms with Gasteiger partial charge in [-0.1, -0.05) is 31.2 Å². The zero-order valence-corrected chi connectivity index (χ0v) is 21.5. The molecule has 6 nitrogen and oxygen atoms in total. The molecule has 2 aliphatic carbocycles. The summed E-state index contributed by atoms with van der Waals surface area (Å²) in [6.45, 7) is 9.96. The number of carbonyl (C=O) groups excluding carboxylic acids is 1. The molecule has 186 valence electrons. The number of anilines is 1. The topological polar surface area (TPSA) is 61.4 Å². The average molecular weight is 474 g/mol. The van der Waals surface area contributed by atoms with Crippen LogP contribution in [0, 0.1) is 0 Å². The minimum absolute atomic E-state index is 0.0833. The fourth-order valence-corrected chi connectivity index (χ4v) is 6.56. The molecule has 35 heavy (non-hydrogen) atoms. The van der Waals surface area contributed by atoms with Crippen molar-refractivity contribution in [1.29, 1.82) is 0 Å². The first-order valence-corrected chi connectivity index (χ1v) is 13.6. The van der Waals surface area contributed by atoms with E-state index in [4.69, 9.17) is 0 Å².